The van der Waals surface area contributed by atoms with Crippen LogP contribution in [0.2, 0.25) is 0 Å². The van der Waals surface area contributed by atoms with Gasteiger partial charge in [-0.1, -0.05) is 0 Å². The minimum Gasteiger partial charge on any atom is -0.490 e. The molecule has 0 amide bonds. The molecule has 0 atom stereocenters. The molecule has 18 heavy (non-hydrogen) atoms. The minimum absolute atomic E-state index is 0.101. The van der Waals surface area contributed by atoms with Crippen molar-refractivity contribution in [2.45, 2.75) is 26.7 Å². The molecular weight excluding hydrogens is 232 g/mol. The summed E-state index contributed by atoms with van der Waals surface area (Å²) in [5.74, 6) is 1.32. The van der Waals surface area contributed by atoms with Crippen LogP contribution in [0.3, 0.4) is 0 Å². The summed E-state index contributed by atoms with van der Waals surface area (Å²) in [6.07, 6.45) is 5.49. The fourth-order valence-corrected chi connectivity index (χ4v) is 1.42. The van der Waals surface area contributed by atoms with Crippen LogP contribution in [0.5, 0.6) is 0 Å². The van der Waals surface area contributed by atoms with Gasteiger partial charge in [0.15, 0.2) is 23.2 Å². The van der Waals surface area contributed by atoms with E-state index >= 15 is 0 Å². The van der Waals surface area contributed by atoms with Gasteiger partial charge in [0, 0.05) is 0 Å². The van der Waals surface area contributed by atoms with Crippen LogP contribution in [0.15, 0.2) is 28.8 Å². The zero-order valence-corrected chi connectivity index (χ0v) is 10.8. The molecule has 1 aliphatic rings. The Morgan fingerprint density at radius 1 is 1.72 bits per heavy atom. The average Bonchev–Trinajstić information content (AvgIpc) is 2.42. The zero-order valence-electron chi connectivity index (χ0n) is 10.8. The molecule has 6 nitrogen and oxygen atoms in total. The quantitative estimate of drug-likeness (QED) is 0.299. The van der Waals surface area contributed by atoms with Crippen molar-refractivity contribution in [3.8, 4) is 0 Å². The Balaban J connectivity index is 2.57. The molecule has 0 bridgehead atoms. The minimum atomic E-state index is 0.101. The number of nitrogens with one attached hydrogen (secondary N) is 2. The monoisotopic (exact) mass is 252 g/mol. The fourth-order valence-electron chi connectivity index (χ4n) is 1.42. The van der Waals surface area contributed by atoms with Gasteiger partial charge in [-0.25, -0.2) is 0 Å². The molecule has 0 aliphatic carbocycles. The number of hydrogen-bond acceptors (Lipinski definition) is 4. The van der Waals surface area contributed by atoms with E-state index in [-0.39, 0.29) is 11.7 Å². The number of nitrogens with two attached hydrogens (primary N) is 1. The van der Waals surface area contributed by atoms with E-state index in [1.165, 1.54) is 0 Å². The van der Waals surface area contributed by atoms with Crippen molar-refractivity contribution in [1.29, 1.82) is 5.41 Å². The van der Waals surface area contributed by atoms with Gasteiger partial charge >= 0.3 is 0 Å². The van der Waals surface area contributed by atoms with Crippen LogP contribution in [-0.4, -0.2) is 24.9 Å². The predicted octanol–water partition coefficient (Wildman–Crippen LogP) is 1.46. The number of hydrazone groups is 1. The van der Waals surface area contributed by atoms with E-state index in [0.717, 1.165) is 12.8 Å². The highest BCUT2D eigenvalue weighted by Crippen LogP contribution is 2.09. The fraction of sp³-hybridized carbons (Fsp3) is 0.500. The molecule has 0 saturated heterocycles. The summed E-state index contributed by atoms with van der Waals surface area (Å²) in [4.78, 5) is 0. The van der Waals surface area contributed by atoms with E-state index in [9.17, 15) is 0 Å². The lowest BCUT2D eigenvalue weighted by atomic mass is 10.2. The van der Waals surface area contributed by atoms with Crippen LogP contribution in [0.4, 0.5) is 0 Å². The van der Waals surface area contributed by atoms with E-state index in [0.29, 0.717) is 24.7 Å². The summed E-state index contributed by atoms with van der Waals surface area (Å²) < 4.78 is 10.6. The van der Waals surface area contributed by atoms with Gasteiger partial charge in [-0.05, 0) is 38.8 Å². The molecule has 0 aromatic rings. The highest BCUT2D eigenvalue weighted by Gasteiger charge is 2.10. The smallest absolute Gasteiger partial charge is 0.185 e. The van der Waals surface area contributed by atoms with Gasteiger partial charge < -0.3 is 15.2 Å². The first-order valence-electron chi connectivity index (χ1n) is 5.99. The van der Waals surface area contributed by atoms with Crippen LogP contribution in [0, 0.1) is 5.41 Å². The van der Waals surface area contributed by atoms with Crippen molar-refractivity contribution >= 4 is 11.7 Å². The first-order valence-corrected chi connectivity index (χ1v) is 5.99. The largest absolute Gasteiger partial charge is 0.490 e. The van der Waals surface area contributed by atoms with Gasteiger partial charge in [0.05, 0.1) is 13.2 Å². The van der Waals surface area contributed by atoms with Crippen LogP contribution in [-0.2, 0) is 9.47 Å². The van der Waals surface area contributed by atoms with Crippen LogP contribution >= 0.6 is 0 Å². The Kier molecular flexibility index (Phi) is 5.76. The third-order valence-electron chi connectivity index (χ3n) is 2.28. The summed E-state index contributed by atoms with van der Waals surface area (Å²) in [5, 5.41) is 11.6. The van der Waals surface area contributed by atoms with Gasteiger partial charge in [0.2, 0.25) is 0 Å². The first kappa shape index (κ1) is 14.1. The molecule has 0 aromatic heterocycles. The number of ether oxygens (including phenoxy) is 2. The van der Waals surface area contributed by atoms with Crippen molar-refractivity contribution in [2.75, 3.05) is 13.2 Å². The number of nitrogens with zero attached hydrogens (tertiary/aromatic N) is 1. The van der Waals surface area contributed by atoms with E-state index in [1.807, 2.05) is 19.9 Å². The second-order valence-electron chi connectivity index (χ2n) is 3.63. The molecule has 0 unspecified atom stereocenters. The molecule has 1 aliphatic heterocycles. The Morgan fingerprint density at radius 3 is 3.06 bits per heavy atom. The third-order valence-corrected chi connectivity index (χ3v) is 2.28. The summed E-state index contributed by atoms with van der Waals surface area (Å²) in [7, 11) is 0. The highest BCUT2D eigenvalue weighted by molar-refractivity contribution is 5.98. The third kappa shape index (κ3) is 4.12. The maximum Gasteiger partial charge on any atom is 0.185 e. The van der Waals surface area contributed by atoms with Crippen LogP contribution in [0.1, 0.15) is 26.7 Å². The highest BCUT2D eigenvalue weighted by atomic mass is 16.5. The molecule has 0 radical (unpaired) electrons. The van der Waals surface area contributed by atoms with Crippen LogP contribution < -0.4 is 11.2 Å². The van der Waals surface area contributed by atoms with E-state index in [1.54, 1.807) is 6.08 Å². The molecular formula is C12H20N4O2. The molecule has 4 N–H and O–H groups in total. The van der Waals surface area contributed by atoms with Crippen LogP contribution in [0.25, 0.3) is 0 Å². The Bertz CT molecular complexity index is 386. The number of amidine groups is 2. The van der Waals surface area contributed by atoms with E-state index < -0.39 is 0 Å². The molecule has 1 rings (SSSR count). The van der Waals surface area contributed by atoms with Crippen molar-refractivity contribution in [2.24, 2.45) is 10.8 Å². The van der Waals surface area contributed by atoms with E-state index in [2.05, 4.69) is 10.5 Å². The maximum absolute atomic E-state index is 7.75. The summed E-state index contributed by atoms with van der Waals surface area (Å²) >= 11 is 0. The summed E-state index contributed by atoms with van der Waals surface area (Å²) in [6, 6.07) is 0. The lowest BCUT2D eigenvalue weighted by molar-refractivity contribution is 0.210. The molecule has 0 spiro atoms. The summed E-state index contributed by atoms with van der Waals surface area (Å²) in [6.45, 7) is 4.83. The van der Waals surface area contributed by atoms with Crippen molar-refractivity contribution < 1.29 is 9.47 Å². The van der Waals surface area contributed by atoms with E-state index in [4.69, 9.17) is 20.6 Å². The van der Waals surface area contributed by atoms with Crippen molar-refractivity contribution in [1.82, 2.24) is 5.43 Å². The topological polar surface area (TPSA) is 92.7 Å². The average molecular weight is 252 g/mol. The predicted molar refractivity (Wildman–Crippen MR) is 71.1 cm³/mol. The normalized spacial score (nSPS) is 16.7. The van der Waals surface area contributed by atoms with Gasteiger partial charge in [0.25, 0.3) is 0 Å². The first-order chi connectivity index (χ1) is 8.69. The standard InChI is InChI=1S/C12H20N4O2/c1-3-9(17-4-2)11(13)15-16-12(14)10-7-5-6-8-18-10/h3,7H,4-6,8H2,1-2H3,(H2,13,15)(H2,14,16)/b9-3-. The maximum atomic E-state index is 7.75. The number of rotatable bonds is 5. The lowest BCUT2D eigenvalue weighted by Gasteiger charge is -2.15. The Labute approximate surface area is 107 Å². The number of hydrogen-bond donors (Lipinski definition) is 3. The lowest BCUT2D eigenvalue weighted by Crippen LogP contribution is -2.27. The van der Waals surface area contributed by atoms with Crippen molar-refractivity contribution in [3.05, 3.63) is 23.7 Å². The molecule has 0 fully saturated rings. The zero-order chi connectivity index (χ0) is 13.4. The Hall–Kier alpha value is -1.98. The second kappa shape index (κ2) is 7.37. The summed E-state index contributed by atoms with van der Waals surface area (Å²) in [5.41, 5.74) is 8.29. The Morgan fingerprint density at radius 2 is 2.50 bits per heavy atom. The van der Waals surface area contributed by atoms with Gasteiger partial charge in [0.1, 0.15) is 0 Å². The van der Waals surface area contributed by atoms with Gasteiger partial charge in [-0.3, -0.25) is 10.8 Å². The molecule has 0 aromatic carbocycles. The molecule has 0 saturated carbocycles. The van der Waals surface area contributed by atoms with Gasteiger partial charge in [-0.15, -0.1) is 0 Å². The molecule has 1 heterocycles. The second-order valence-corrected chi connectivity index (χ2v) is 3.63. The molecule has 100 valence electrons. The van der Waals surface area contributed by atoms with Gasteiger partial charge in [-0.2, -0.15) is 5.10 Å². The number of allylic oxidation sites excluding steroid dienone is 2. The SMILES string of the molecule is C/C=C(OCC)/C(N)=N/NC(=N)C1=CCCCO1. The molecule has 6 heteroatoms. The van der Waals surface area contributed by atoms with Crippen molar-refractivity contribution in [3.63, 3.8) is 0 Å².